The zero-order chi connectivity index (χ0) is 26.0. The maximum Gasteiger partial charge on any atom is 0.255 e. The number of nitrogens with one attached hydrogen (secondary N) is 2. The summed E-state index contributed by atoms with van der Waals surface area (Å²) in [4.78, 5) is 38.7. The molecule has 1 aromatic heterocycles. The SMILES string of the molecule is O=C(Nc1ccc(Cl)cc1)C1CC2(COCCO2)CC1C(=O)Nc1ccc(-n2ccccc2=O)cc1F. The largest absolute Gasteiger partial charge is 0.376 e. The van der Waals surface area contributed by atoms with Crippen LogP contribution in [0.25, 0.3) is 5.69 Å². The van der Waals surface area contributed by atoms with E-state index in [0.717, 1.165) is 0 Å². The molecule has 3 aromatic rings. The number of nitrogens with zero attached hydrogens (tertiary/aromatic N) is 1. The molecule has 1 spiro atoms. The molecule has 3 unspecified atom stereocenters. The molecule has 2 heterocycles. The number of carbonyl (C=O) groups excluding carboxylic acids is 2. The van der Waals surface area contributed by atoms with Gasteiger partial charge in [0.25, 0.3) is 5.56 Å². The minimum Gasteiger partial charge on any atom is -0.376 e. The van der Waals surface area contributed by atoms with Crippen LogP contribution in [0, 0.1) is 17.7 Å². The third kappa shape index (κ3) is 5.44. The van der Waals surface area contributed by atoms with Crippen LogP contribution in [0.5, 0.6) is 0 Å². The minimum absolute atomic E-state index is 0.0450. The molecule has 10 heteroatoms. The highest BCUT2D eigenvalue weighted by molar-refractivity contribution is 6.30. The monoisotopic (exact) mass is 525 g/mol. The first kappa shape index (κ1) is 25.1. The van der Waals surface area contributed by atoms with Gasteiger partial charge in [0.1, 0.15) is 5.82 Å². The van der Waals surface area contributed by atoms with Gasteiger partial charge < -0.3 is 20.1 Å². The lowest BCUT2D eigenvalue weighted by molar-refractivity contribution is -0.157. The number of pyridine rings is 1. The van der Waals surface area contributed by atoms with Gasteiger partial charge in [-0.05, 0) is 55.3 Å². The summed E-state index contributed by atoms with van der Waals surface area (Å²) in [5, 5.41) is 6.01. The maximum atomic E-state index is 15.0. The fourth-order valence-corrected chi connectivity index (χ4v) is 5.09. The lowest BCUT2D eigenvalue weighted by Crippen LogP contribution is -2.41. The Morgan fingerprint density at radius 1 is 0.973 bits per heavy atom. The van der Waals surface area contributed by atoms with E-state index in [0.29, 0.717) is 36.0 Å². The molecule has 37 heavy (non-hydrogen) atoms. The van der Waals surface area contributed by atoms with Gasteiger partial charge in [0.15, 0.2) is 0 Å². The predicted octanol–water partition coefficient (Wildman–Crippen LogP) is 4.02. The number of ether oxygens (including phenoxy) is 2. The number of aromatic nitrogens is 1. The van der Waals surface area contributed by atoms with Crippen molar-refractivity contribution in [1.82, 2.24) is 4.57 Å². The van der Waals surface area contributed by atoms with Gasteiger partial charge in [-0.2, -0.15) is 0 Å². The summed E-state index contributed by atoms with van der Waals surface area (Å²) < 4.78 is 27.9. The highest BCUT2D eigenvalue weighted by Gasteiger charge is 2.52. The van der Waals surface area contributed by atoms with Crippen LogP contribution in [-0.2, 0) is 19.1 Å². The summed E-state index contributed by atoms with van der Waals surface area (Å²) in [6, 6.07) is 15.4. The fraction of sp³-hybridized carbons (Fsp3) is 0.296. The van der Waals surface area contributed by atoms with Crippen molar-refractivity contribution in [2.75, 3.05) is 30.5 Å². The van der Waals surface area contributed by atoms with Gasteiger partial charge in [0, 0.05) is 29.0 Å². The Hall–Kier alpha value is -3.53. The van der Waals surface area contributed by atoms with E-state index in [1.807, 2.05) is 0 Å². The molecule has 2 amide bonds. The van der Waals surface area contributed by atoms with Crippen molar-refractivity contribution in [1.29, 1.82) is 0 Å². The number of carbonyl (C=O) groups is 2. The highest BCUT2D eigenvalue weighted by Crippen LogP contribution is 2.44. The first-order valence-corrected chi connectivity index (χ1v) is 12.3. The molecule has 1 saturated heterocycles. The highest BCUT2D eigenvalue weighted by atomic mass is 35.5. The van der Waals surface area contributed by atoms with Crippen LogP contribution >= 0.6 is 11.6 Å². The van der Waals surface area contributed by atoms with Gasteiger partial charge in [0.05, 0.1) is 48.6 Å². The van der Waals surface area contributed by atoms with Crippen molar-refractivity contribution in [2.24, 2.45) is 11.8 Å². The molecule has 2 N–H and O–H groups in total. The van der Waals surface area contributed by atoms with Crippen LogP contribution in [0.15, 0.2) is 71.7 Å². The first-order chi connectivity index (χ1) is 17.8. The van der Waals surface area contributed by atoms with Gasteiger partial charge in [-0.25, -0.2) is 4.39 Å². The Morgan fingerprint density at radius 2 is 1.70 bits per heavy atom. The number of rotatable bonds is 5. The van der Waals surface area contributed by atoms with E-state index in [1.54, 1.807) is 42.5 Å². The molecule has 192 valence electrons. The average Bonchev–Trinajstić information content (AvgIpc) is 3.26. The summed E-state index contributed by atoms with van der Waals surface area (Å²) in [7, 11) is 0. The van der Waals surface area contributed by atoms with Gasteiger partial charge in [-0.15, -0.1) is 0 Å². The molecule has 1 aliphatic carbocycles. The summed E-state index contributed by atoms with van der Waals surface area (Å²) in [6.07, 6.45) is 2.09. The molecular weight excluding hydrogens is 501 g/mol. The van der Waals surface area contributed by atoms with E-state index in [-0.39, 0.29) is 30.2 Å². The second-order valence-corrected chi connectivity index (χ2v) is 9.70. The molecule has 5 rings (SSSR count). The van der Waals surface area contributed by atoms with Crippen LogP contribution in [0.4, 0.5) is 15.8 Å². The summed E-state index contributed by atoms with van der Waals surface area (Å²) >= 11 is 5.94. The molecular formula is C27H25ClFN3O5. The van der Waals surface area contributed by atoms with Crippen molar-refractivity contribution in [3.8, 4) is 5.69 Å². The quantitative estimate of drug-likeness (QED) is 0.524. The van der Waals surface area contributed by atoms with Gasteiger partial charge in [0.2, 0.25) is 11.8 Å². The van der Waals surface area contributed by atoms with Crippen molar-refractivity contribution in [3.63, 3.8) is 0 Å². The number of benzene rings is 2. The molecule has 0 radical (unpaired) electrons. The van der Waals surface area contributed by atoms with E-state index in [9.17, 15) is 18.8 Å². The zero-order valence-electron chi connectivity index (χ0n) is 19.8. The smallest absolute Gasteiger partial charge is 0.255 e. The Morgan fingerprint density at radius 3 is 2.35 bits per heavy atom. The summed E-state index contributed by atoms with van der Waals surface area (Å²) in [5.74, 6) is -3.03. The number of halogens is 2. The van der Waals surface area contributed by atoms with Crippen molar-refractivity contribution in [3.05, 3.63) is 88.1 Å². The number of amides is 2. The fourth-order valence-electron chi connectivity index (χ4n) is 4.96. The molecule has 2 aliphatic rings. The van der Waals surface area contributed by atoms with Crippen LogP contribution < -0.4 is 16.2 Å². The predicted molar refractivity (Wildman–Crippen MR) is 136 cm³/mol. The average molecular weight is 526 g/mol. The van der Waals surface area contributed by atoms with Crippen molar-refractivity contribution in [2.45, 2.75) is 18.4 Å². The summed E-state index contributed by atoms with van der Waals surface area (Å²) in [5.41, 5.74) is -0.239. The topological polar surface area (TPSA) is 98.7 Å². The van der Waals surface area contributed by atoms with E-state index in [2.05, 4.69) is 10.6 Å². The lowest BCUT2D eigenvalue weighted by Gasteiger charge is -2.33. The van der Waals surface area contributed by atoms with Crippen LogP contribution in [-0.4, -0.2) is 41.8 Å². The molecule has 2 aromatic carbocycles. The second-order valence-electron chi connectivity index (χ2n) is 9.26. The zero-order valence-corrected chi connectivity index (χ0v) is 20.5. The molecule has 8 nitrogen and oxygen atoms in total. The molecule has 2 fully saturated rings. The first-order valence-electron chi connectivity index (χ1n) is 11.9. The normalized spacial score (nSPS) is 23.1. The van der Waals surface area contributed by atoms with E-state index < -0.39 is 29.2 Å². The van der Waals surface area contributed by atoms with Gasteiger partial charge in [-0.3, -0.25) is 19.0 Å². The standard InChI is InChI=1S/C27H25ClFN3O5/c28-17-4-6-18(7-5-17)30-25(34)20-14-27(16-36-11-12-37-27)15-21(20)26(35)31-23-9-8-19(13-22(23)29)32-10-2-1-3-24(32)33/h1-10,13,20-21H,11-12,14-16H2,(H,30,34)(H,31,35). The minimum atomic E-state index is -0.773. The Balaban J connectivity index is 1.36. The van der Waals surface area contributed by atoms with Crippen LogP contribution in [0.1, 0.15) is 12.8 Å². The maximum absolute atomic E-state index is 15.0. The van der Waals surface area contributed by atoms with Crippen LogP contribution in [0.3, 0.4) is 0 Å². The van der Waals surface area contributed by atoms with Crippen molar-refractivity contribution < 1.29 is 23.5 Å². The summed E-state index contributed by atoms with van der Waals surface area (Å²) in [6.45, 7) is 1.09. The number of hydrogen-bond donors (Lipinski definition) is 2. The third-order valence-electron chi connectivity index (χ3n) is 6.77. The Kier molecular flexibility index (Phi) is 7.10. The molecule has 1 aliphatic heterocycles. The van der Waals surface area contributed by atoms with Crippen LogP contribution in [0.2, 0.25) is 5.02 Å². The molecule has 3 atom stereocenters. The van der Waals surface area contributed by atoms with E-state index >= 15 is 0 Å². The lowest BCUT2D eigenvalue weighted by atomic mass is 9.94. The van der Waals surface area contributed by atoms with E-state index in [1.165, 1.54) is 29.0 Å². The Bertz CT molecular complexity index is 1370. The number of anilines is 2. The number of hydrogen-bond acceptors (Lipinski definition) is 5. The second kappa shape index (κ2) is 10.5. The van der Waals surface area contributed by atoms with Gasteiger partial charge in [-0.1, -0.05) is 17.7 Å². The van der Waals surface area contributed by atoms with Crippen molar-refractivity contribution >= 4 is 34.8 Å². The van der Waals surface area contributed by atoms with Gasteiger partial charge >= 0.3 is 0 Å². The molecule has 0 bridgehead atoms. The van der Waals surface area contributed by atoms with E-state index in [4.69, 9.17) is 21.1 Å². The third-order valence-corrected chi connectivity index (χ3v) is 7.02. The molecule has 1 saturated carbocycles. The Labute approximate surface area is 217 Å².